The molecule has 0 fully saturated rings. The molecule has 0 aromatic carbocycles. The number of carbonyl (C=O) groups is 4. The van der Waals surface area contributed by atoms with E-state index in [1.165, 1.54) is 0 Å². The average molecular weight is 439 g/mol. The van der Waals surface area contributed by atoms with Gasteiger partial charge in [0, 0.05) is 17.7 Å². The number of amides is 4. The summed E-state index contributed by atoms with van der Waals surface area (Å²) in [7, 11) is 0. The Morgan fingerprint density at radius 2 is 1.35 bits per heavy atom. The number of rotatable bonds is 11. The Balaban J connectivity index is 5.19. The molecule has 176 valence electrons. The molecule has 0 N–H and O–H groups in total. The second-order valence-electron chi connectivity index (χ2n) is 8.11. The van der Waals surface area contributed by atoms with Crippen molar-refractivity contribution >= 4 is 24.0 Å². The maximum absolute atomic E-state index is 12.6. The van der Waals surface area contributed by atoms with Crippen LogP contribution in [-0.2, 0) is 19.1 Å². The molecule has 0 rings (SSSR count). The van der Waals surface area contributed by atoms with Crippen molar-refractivity contribution in [1.29, 1.82) is 0 Å². The van der Waals surface area contributed by atoms with Crippen LogP contribution in [0.2, 0.25) is 0 Å². The van der Waals surface area contributed by atoms with Crippen LogP contribution in [-0.4, -0.2) is 59.1 Å². The molecule has 0 aromatic rings. The first-order valence-electron chi connectivity index (χ1n) is 10.6. The summed E-state index contributed by atoms with van der Waals surface area (Å²) in [5.41, 5.74) is -0.320. The van der Waals surface area contributed by atoms with Crippen LogP contribution in [0.4, 0.5) is 9.59 Å². The van der Waals surface area contributed by atoms with Crippen molar-refractivity contribution in [3.05, 3.63) is 24.3 Å². The number of ether oxygens (including phenoxy) is 2. The van der Waals surface area contributed by atoms with E-state index in [1.54, 1.807) is 27.7 Å². The molecule has 0 spiro atoms. The summed E-state index contributed by atoms with van der Waals surface area (Å²) in [5.74, 6) is -1.02. The minimum Gasteiger partial charge on any atom is -0.449 e. The summed E-state index contributed by atoms with van der Waals surface area (Å²) in [5, 5.41) is 0. The molecule has 31 heavy (non-hydrogen) atoms. The third-order valence-electron chi connectivity index (χ3n) is 5.17. The number of hydrogen-bond acceptors (Lipinski definition) is 6. The van der Waals surface area contributed by atoms with E-state index in [9.17, 15) is 19.2 Å². The Labute approximate surface area is 186 Å². The van der Waals surface area contributed by atoms with Crippen LogP contribution in [0, 0.1) is 5.92 Å². The van der Waals surface area contributed by atoms with E-state index >= 15 is 0 Å². The second-order valence-corrected chi connectivity index (χ2v) is 8.11. The number of imide groups is 2. The lowest BCUT2D eigenvalue weighted by atomic mass is 9.83. The van der Waals surface area contributed by atoms with Crippen molar-refractivity contribution in [2.45, 2.75) is 73.3 Å². The van der Waals surface area contributed by atoms with Gasteiger partial charge < -0.3 is 9.47 Å². The third kappa shape index (κ3) is 8.19. The highest BCUT2D eigenvalue weighted by molar-refractivity contribution is 6.02. The second kappa shape index (κ2) is 12.9. The van der Waals surface area contributed by atoms with E-state index in [0.29, 0.717) is 19.3 Å². The minimum absolute atomic E-state index is 0.0758. The van der Waals surface area contributed by atoms with Crippen LogP contribution >= 0.6 is 0 Å². The van der Waals surface area contributed by atoms with Gasteiger partial charge in [-0.05, 0) is 60.3 Å². The highest BCUT2D eigenvalue weighted by Gasteiger charge is 2.41. The normalized spacial score (nSPS) is 11.8. The zero-order chi connectivity index (χ0) is 24.4. The highest BCUT2D eigenvalue weighted by atomic mass is 16.6. The summed E-state index contributed by atoms with van der Waals surface area (Å²) in [6, 6.07) is 0. The fourth-order valence-corrected chi connectivity index (χ4v) is 2.96. The van der Waals surface area contributed by atoms with Crippen LogP contribution in [0.15, 0.2) is 24.3 Å². The number of hydrogen-bond donors (Lipinski definition) is 0. The van der Waals surface area contributed by atoms with Gasteiger partial charge in [-0.1, -0.05) is 26.5 Å². The van der Waals surface area contributed by atoms with E-state index in [-0.39, 0.29) is 36.8 Å². The van der Waals surface area contributed by atoms with Gasteiger partial charge in [0.25, 0.3) is 11.8 Å². The molecule has 1 unspecified atom stereocenters. The first-order chi connectivity index (χ1) is 14.3. The molecule has 1 atom stereocenters. The van der Waals surface area contributed by atoms with Gasteiger partial charge in [0.15, 0.2) is 0 Å². The smallest absolute Gasteiger partial charge is 0.417 e. The molecule has 0 aromatic heterocycles. The Kier molecular flexibility index (Phi) is 11.8. The summed E-state index contributed by atoms with van der Waals surface area (Å²) in [6.45, 7) is 19.8. The van der Waals surface area contributed by atoms with Crippen molar-refractivity contribution in [3.63, 3.8) is 0 Å². The lowest BCUT2D eigenvalue weighted by molar-refractivity contribution is -0.131. The molecule has 0 aliphatic rings. The fourth-order valence-electron chi connectivity index (χ4n) is 2.96. The summed E-state index contributed by atoms with van der Waals surface area (Å²) < 4.78 is 10.0. The van der Waals surface area contributed by atoms with E-state index in [4.69, 9.17) is 9.47 Å². The Morgan fingerprint density at radius 1 is 0.871 bits per heavy atom. The predicted molar refractivity (Wildman–Crippen MR) is 119 cm³/mol. The molecule has 8 heteroatoms. The van der Waals surface area contributed by atoms with Crippen LogP contribution in [0.25, 0.3) is 0 Å². The summed E-state index contributed by atoms with van der Waals surface area (Å²) >= 11 is 0. The van der Waals surface area contributed by atoms with Gasteiger partial charge in [-0.15, -0.1) is 0 Å². The SMILES string of the molecule is C=C(C)C(=O)N(CCCCC(C)C(C)(C)N(C(=O)OCC)C(=O)C(=C)C)C(=O)OCC. The van der Waals surface area contributed by atoms with Gasteiger partial charge in [-0.25, -0.2) is 19.4 Å². The Morgan fingerprint density at radius 3 is 1.81 bits per heavy atom. The largest absolute Gasteiger partial charge is 0.449 e. The van der Waals surface area contributed by atoms with Gasteiger partial charge in [-0.3, -0.25) is 9.59 Å². The molecular formula is C23H38N2O6. The van der Waals surface area contributed by atoms with E-state index in [0.717, 1.165) is 9.80 Å². The van der Waals surface area contributed by atoms with Crippen molar-refractivity contribution in [3.8, 4) is 0 Å². The Hall–Kier alpha value is -2.64. The summed E-state index contributed by atoms with van der Waals surface area (Å²) in [6.07, 6.45) is 0.482. The predicted octanol–water partition coefficient (Wildman–Crippen LogP) is 4.69. The van der Waals surface area contributed by atoms with E-state index in [2.05, 4.69) is 13.2 Å². The molecular weight excluding hydrogens is 400 g/mol. The average Bonchev–Trinajstić information content (AvgIpc) is 2.67. The molecule has 0 saturated heterocycles. The molecule has 0 aliphatic carbocycles. The number of carbonyl (C=O) groups excluding carboxylic acids is 4. The van der Waals surface area contributed by atoms with Gasteiger partial charge in [0.2, 0.25) is 0 Å². The minimum atomic E-state index is -0.823. The van der Waals surface area contributed by atoms with Crippen molar-refractivity contribution < 1.29 is 28.7 Å². The van der Waals surface area contributed by atoms with Crippen LogP contribution in [0.3, 0.4) is 0 Å². The lowest BCUT2D eigenvalue weighted by Crippen LogP contribution is -2.55. The van der Waals surface area contributed by atoms with Crippen LogP contribution < -0.4 is 0 Å². The number of unbranched alkanes of at least 4 members (excludes halogenated alkanes) is 1. The fraction of sp³-hybridized carbons (Fsp3) is 0.652. The molecule has 0 heterocycles. The van der Waals surface area contributed by atoms with Crippen LogP contribution in [0.5, 0.6) is 0 Å². The zero-order valence-electron chi connectivity index (χ0n) is 20.1. The van der Waals surface area contributed by atoms with Gasteiger partial charge in [0.05, 0.1) is 18.8 Å². The molecule has 0 saturated carbocycles. The first kappa shape index (κ1) is 28.4. The highest BCUT2D eigenvalue weighted by Crippen LogP contribution is 2.30. The van der Waals surface area contributed by atoms with Crippen molar-refractivity contribution in [1.82, 2.24) is 9.80 Å². The maximum atomic E-state index is 12.6. The molecule has 0 bridgehead atoms. The Bertz CT molecular complexity index is 698. The van der Waals surface area contributed by atoms with Crippen molar-refractivity contribution in [2.75, 3.05) is 19.8 Å². The molecule has 4 amide bonds. The maximum Gasteiger partial charge on any atom is 0.417 e. The topological polar surface area (TPSA) is 93.2 Å². The van der Waals surface area contributed by atoms with Gasteiger partial charge in [0.1, 0.15) is 0 Å². The van der Waals surface area contributed by atoms with Gasteiger partial charge in [-0.2, -0.15) is 0 Å². The zero-order valence-corrected chi connectivity index (χ0v) is 20.1. The molecule has 0 aliphatic heterocycles. The number of nitrogens with zero attached hydrogens (tertiary/aromatic N) is 2. The third-order valence-corrected chi connectivity index (χ3v) is 5.17. The summed E-state index contributed by atoms with van der Waals surface area (Å²) in [4.78, 5) is 51.6. The van der Waals surface area contributed by atoms with Crippen LogP contribution in [0.1, 0.15) is 67.7 Å². The molecule has 8 nitrogen and oxygen atoms in total. The monoisotopic (exact) mass is 438 g/mol. The standard InChI is InChI=1S/C23H38N2O6/c1-10-30-21(28)24(19(26)16(3)4)15-13-12-14-18(7)23(8,9)25(20(27)17(5)6)22(29)31-11-2/h18H,3,5,10-15H2,1-2,4,6-9H3. The lowest BCUT2D eigenvalue weighted by Gasteiger charge is -2.41. The van der Waals surface area contributed by atoms with Crippen molar-refractivity contribution in [2.24, 2.45) is 5.92 Å². The van der Waals surface area contributed by atoms with E-state index < -0.39 is 29.5 Å². The quantitative estimate of drug-likeness (QED) is 0.343. The van der Waals surface area contributed by atoms with E-state index in [1.807, 2.05) is 20.8 Å². The van der Waals surface area contributed by atoms with Gasteiger partial charge >= 0.3 is 12.2 Å². The molecule has 0 radical (unpaired) electrons. The first-order valence-corrected chi connectivity index (χ1v) is 10.6.